The number of esters is 2. The van der Waals surface area contributed by atoms with Crippen molar-refractivity contribution in [3.8, 4) is 0 Å². The van der Waals surface area contributed by atoms with E-state index < -0.39 is 28.8 Å². The first-order valence-corrected chi connectivity index (χ1v) is 10.5. The van der Waals surface area contributed by atoms with Gasteiger partial charge in [0.05, 0.1) is 13.7 Å². The molecule has 11 heteroatoms. The molecule has 2 amide bonds. The molecule has 0 aromatic rings. The van der Waals surface area contributed by atoms with E-state index in [9.17, 15) is 19.2 Å². The summed E-state index contributed by atoms with van der Waals surface area (Å²) in [7, 11) is 1.26. The van der Waals surface area contributed by atoms with Crippen LogP contribution in [0.1, 0.15) is 20.8 Å². The zero-order chi connectivity index (χ0) is 20.4. The second kappa shape index (κ2) is 8.67. The summed E-state index contributed by atoms with van der Waals surface area (Å²) in [6.45, 7) is 5.29. The van der Waals surface area contributed by atoms with Crippen LogP contribution < -0.4 is 10.6 Å². The molecule has 0 unspecified atom stereocenters. The summed E-state index contributed by atoms with van der Waals surface area (Å²) in [4.78, 5) is 49.5. The predicted molar refractivity (Wildman–Crippen MR) is 107 cm³/mol. The van der Waals surface area contributed by atoms with Crippen LogP contribution >= 0.6 is 34.4 Å². The largest absolute Gasteiger partial charge is 0.466 e. The highest BCUT2D eigenvalue weighted by Crippen LogP contribution is 2.51. The smallest absolute Gasteiger partial charge is 0.332 e. The monoisotopic (exact) mass is 511 g/mol. The summed E-state index contributed by atoms with van der Waals surface area (Å²) in [5.74, 6) is -1.65. The van der Waals surface area contributed by atoms with E-state index in [1.807, 2.05) is 36.4 Å². The zero-order valence-electron chi connectivity index (χ0n) is 15.4. The van der Waals surface area contributed by atoms with E-state index in [-0.39, 0.29) is 28.3 Å². The van der Waals surface area contributed by atoms with Crippen LogP contribution in [0.3, 0.4) is 0 Å². The molecule has 150 valence electrons. The Morgan fingerprint density at radius 3 is 2.63 bits per heavy atom. The number of hydrogen-bond acceptors (Lipinski definition) is 8. The lowest BCUT2D eigenvalue weighted by molar-refractivity contribution is -0.162. The second-order valence-corrected chi connectivity index (χ2v) is 8.98. The third kappa shape index (κ3) is 4.68. The van der Waals surface area contributed by atoms with Gasteiger partial charge < -0.3 is 25.0 Å². The van der Waals surface area contributed by atoms with Crippen LogP contribution in [0, 0.1) is 0 Å². The molecule has 0 aliphatic carbocycles. The number of hydrogen-bond donors (Lipinski definition) is 2. The number of nitrogens with one attached hydrogen (secondary N) is 2. The van der Waals surface area contributed by atoms with Crippen molar-refractivity contribution >= 4 is 58.1 Å². The van der Waals surface area contributed by atoms with E-state index in [1.165, 1.54) is 29.8 Å². The van der Waals surface area contributed by atoms with Crippen LogP contribution in [0.25, 0.3) is 0 Å². The van der Waals surface area contributed by atoms with Gasteiger partial charge in [0.1, 0.15) is 22.1 Å². The highest BCUT2D eigenvalue weighted by molar-refractivity contribution is 14.1. The van der Waals surface area contributed by atoms with Gasteiger partial charge in [0, 0.05) is 16.5 Å². The minimum absolute atomic E-state index is 0.0931. The molecule has 0 radical (unpaired) electrons. The summed E-state index contributed by atoms with van der Waals surface area (Å²) in [5.41, 5.74) is 0.469. The van der Waals surface area contributed by atoms with Crippen LogP contribution in [0.5, 0.6) is 0 Å². The molecule has 2 saturated heterocycles. The topological polar surface area (TPSA) is 114 Å². The third-order valence-electron chi connectivity index (χ3n) is 4.24. The second-order valence-electron chi connectivity index (χ2n) is 6.58. The molecule has 0 saturated carbocycles. The van der Waals surface area contributed by atoms with Crippen LogP contribution in [-0.4, -0.2) is 69.1 Å². The van der Waals surface area contributed by atoms with Gasteiger partial charge in [0.25, 0.3) is 0 Å². The fraction of sp³-hybridized carbons (Fsp3) is 0.625. The number of amides is 2. The molecular weight excluding hydrogens is 489 g/mol. The lowest BCUT2D eigenvalue weighted by atomic mass is 9.96. The summed E-state index contributed by atoms with van der Waals surface area (Å²) in [6, 6.07) is -1.36. The van der Waals surface area contributed by atoms with Gasteiger partial charge in [-0.05, 0) is 43.4 Å². The molecule has 2 aliphatic heterocycles. The molecule has 0 aromatic carbocycles. The minimum atomic E-state index is -0.689. The molecule has 3 atom stereocenters. The standard InChI is InChI=1S/C16H22IN3O6S/c1-8(5-10(22)25-4)18-6-9(21)19-11-13(23)20-12(15(24)26-7-17)16(2,3)27-14(11)20/h5,11-12,14,18H,6-7H2,1-4H3,(H,19,21)/t11-,12+,14-/m1/s1. The van der Waals surface area contributed by atoms with Crippen LogP contribution in [-0.2, 0) is 28.7 Å². The van der Waals surface area contributed by atoms with E-state index in [1.54, 1.807) is 6.92 Å². The van der Waals surface area contributed by atoms with E-state index in [4.69, 9.17) is 4.74 Å². The van der Waals surface area contributed by atoms with Crippen molar-refractivity contribution in [2.24, 2.45) is 0 Å². The molecule has 27 heavy (non-hydrogen) atoms. The zero-order valence-corrected chi connectivity index (χ0v) is 18.4. The highest BCUT2D eigenvalue weighted by atomic mass is 127. The van der Waals surface area contributed by atoms with Gasteiger partial charge in [-0.15, -0.1) is 11.8 Å². The quantitative estimate of drug-likeness (QED) is 0.163. The maximum atomic E-state index is 12.5. The first kappa shape index (κ1) is 21.8. The molecule has 0 aromatic heterocycles. The maximum absolute atomic E-state index is 12.5. The predicted octanol–water partition coefficient (Wildman–Crippen LogP) is 0.136. The Bertz CT molecular complexity index is 683. The summed E-state index contributed by atoms with van der Waals surface area (Å²) < 4.78 is 9.28. The Hall–Kier alpha value is -1.50. The molecule has 2 heterocycles. The number of methoxy groups -OCH3 is 1. The van der Waals surface area contributed by atoms with Gasteiger partial charge in [0.15, 0.2) is 0 Å². The van der Waals surface area contributed by atoms with E-state index in [0.29, 0.717) is 5.70 Å². The molecule has 9 nitrogen and oxygen atoms in total. The van der Waals surface area contributed by atoms with Gasteiger partial charge in [-0.3, -0.25) is 9.59 Å². The summed E-state index contributed by atoms with van der Waals surface area (Å²) >= 11 is 3.39. The van der Waals surface area contributed by atoms with Gasteiger partial charge in [-0.1, -0.05) is 0 Å². The van der Waals surface area contributed by atoms with Crippen LogP contribution in [0.4, 0.5) is 0 Å². The van der Waals surface area contributed by atoms with Gasteiger partial charge >= 0.3 is 11.9 Å². The molecule has 0 bridgehead atoms. The molecule has 2 rings (SSSR count). The van der Waals surface area contributed by atoms with Gasteiger partial charge in [-0.2, -0.15) is 0 Å². The van der Waals surface area contributed by atoms with Crippen LogP contribution in [0.15, 0.2) is 11.8 Å². The normalized spacial score (nSPS) is 26.0. The Balaban J connectivity index is 1.94. The van der Waals surface area contributed by atoms with Crippen LogP contribution in [0.2, 0.25) is 0 Å². The summed E-state index contributed by atoms with van der Waals surface area (Å²) in [6.07, 6.45) is 1.22. The molecule has 0 spiro atoms. The first-order chi connectivity index (χ1) is 12.6. The van der Waals surface area contributed by atoms with Crippen molar-refractivity contribution in [1.29, 1.82) is 0 Å². The van der Waals surface area contributed by atoms with Gasteiger partial charge in [0.2, 0.25) is 11.8 Å². The Morgan fingerprint density at radius 2 is 2.04 bits per heavy atom. The first-order valence-electron chi connectivity index (χ1n) is 8.14. The Morgan fingerprint density at radius 1 is 1.37 bits per heavy atom. The number of rotatable bonds is 7. The lowest BCUT2D eigenvalue weighted by Crippen LogP contribution is -2.71. The molecule has 2 N–H and O–H groups in total. The molecule has 2 aliphatic rings. The molecule has 2 fully saturated rings. The van der Waals surface area contributed by atoms with Crippen molar-refractivity contribution < 1.29 is 28.7 Å². The number of carbonyl (C=O) groups excluding carboxylic acids is 4. The number of thioether (sulfide) groups is 1. The van der Waals surface area contributed by atoms with E-state index in [0.717, 1.165) is 0 Å². The number of nitrogens with zero attached hydrogens (tertiary/aromatic N) is 1. The number of fused-ring (bicyclic) bond motifs is 1. The average Bonchev–Trinajstić information content (AvgIpc) is 2.86. The highest BCUT2D eigenvalue weighted by Gasteiger charge is 2.64. The lowest BCUT2D eigenvalue weighted by Gasteiger charge is -2.43. The number of allylic oxidation sites excluding steroid dienone is 1. The van der Waals surface area contributed by atoms with Crippen molar-refractivity contribution in [3.63, 3.8) is 0 Å². The SMILES string of the molecule is COC(=O)C=C(C)NCC(=O)N[C@@H]1C(=O)N2[C@@H]1SC(C)(C)[C@@H]2C(=O)OCI. The summed E-state index contributed by atoms with van der Waals surface area (Å²) in [5, 5.41) is 5.15. The minimum Gasteiger partial charge on any atom is -0.466 e. The average molecular weight is 511 g/mol. The number of alkyl halides is 1. The fourth-order valence-corrected chi connectivity index (χ4v) is 4.92. The third-order valence-corrected chi connectivity index (χ3v) is 6.12. The number of halogens is 1. The molecular formula is C16H22IN3O6S. The van der Waals surface area contributed by atoms with Crippen molar-refractivity contribution in [3.05, 3.63) is 11.8 Å². The van der Waals surface area contributed by atoms with E-state index >= 15 is 0 Å². The number of β-lactam (4-membered cyclic amide) rings is 1. The van der Waals surface area contributed by atoms with E-state index in [2.05, 4.69) is 15.4 Å². The van der Waals surface area contributed by atoms with Gasteiger partial charge in [-0.25, -0.2) is 9.59 Å². The van der Waals surface area contributed by atoms with Crippen molar-refractivity contribution in [2.75, 3.05) is 18.3 Å². The fourth-order valence-electron chi connectivity index (χ4n) is 2.99. The number of carbonyl (C=O) groups is 4. The van der Waals surface area contributed by atoms with Crippen molar-refractivity contribution in [2.45, 2.75) is 43.0 Å². The number of ether oxygens (including phenoxy) is 2. The Labute approximate surface area is 175 Å². The van der Waals surface area contributed by atoms with Crippen molar-refractivity contribution in [1.82, 2.24) is 15.5 Å². The Kier molecular flexibility index (Phi) is 7.00. The maximum Gasteiger partial charge on any atom is 0.332 e.